The van der Waals surface area contributed by atoms with Crippen LogP contribution in [0.5, 0.6) is 0 Å². The van der Waals surface area contributed by atoms with Crippen LogP contribution < -0.4 is 10.6 Å². The van der Waals surface area contributed by atoms with Crippen molar-refractivity contribution in [3.8, 4) is 0 Å². The monoisotopic (exact) mass is 519 g/mol. The Labute approximate surface area is 229 Å². The number of pyridine rings is 3. The molecule has 0 amide bonds. The van der Waals surface area contributed by atoms with Crippen molar-refractivity contribution in [2.24, 2.45) is 20.0 Å². The van der Waals surface area contributed by atoms with Crippen molar-refractivity contribution in [3.63, 3.8) is 0 Å². The molecule has 0 atom stereocenters. The molecule has 3 aromatic heterocycles. The Balaban J connectivity index is 1.21. The van der Waals surface area contributed by atoms with Crippen molar-refractivity contribution in [2.45, 2.75) is 0 Å². The van der Waals surface area contributed by atoms with E-state index in [4.69, 9.17) is 15.0 Å². The molecule has 0 radical (unpaired) electrons. The summed E-state index contributed by atoms with van der Waals surface area (Å²) in [6.07, 6.45) is 3.44. The van der Waals surface area contributed by atoms with E-state index in [1.807, 2.05) is 103 Å². The second-order valence-corrected chi connectivity index (χ2v) is 8.91. The van der Waals surface area contributed by atoms with E-state index >= 15 is 0 Å². The SMILES string of the molecule is c1ccc(N=C2N/C(=N\c3cccc(N=C4N/C(=N/c5ccccn5)c5ccccc54)n3)c3ccccc32)nc1. The molecule has 0 unspecified atom stereocenters. The van der Waals surface area contributed by atoms with Crippen LogP contribution >= 0.6 is 0 Å². The highest BCUT2D eigenvalue weighted by molar-refractivity contribution is 6.27. The van der Waals surface area contributed by atoms with Crippen LogP contribution in [-0.2, 0) is 0 Å². The van der Waals surface area contributed by atoms with E-state index in [0.29, 0.717) is 46.6 Å². The Kier molecular flexibility index (Phi) is 5.91. The summed E-state index contributed by atoms with van der Waals surface area (Å²) in [6, 6.07) is 32.8. The van der Waals surface area contributed by atoms with E-state index in [0.717, 1.165) is 22.3 Å². The average Bonchev–Trinajstić information content (AvgIpc) is 3.52. The predicted molar refractivity (Wildman–Crippen MR) is 157 cm³/mol. The molecule has 2 aliphatic rings. The number of fused-ring (bicyclic) bond motifs is 2. The minimum atomic E-state index is 0.520. The molecule has 5 heterocycles. The molecule has 0 bridgehead atoms. The Morgan fingerprint density at radius 3 is 1.10 bits per heavy atom. The minimum Gasteiger partial charge on any atom is -0.324 e. The van der Waals surface area contributed by atoms with Gasteiger partial charge in [0.25, 0.3) is 0 Å². The summed E-state index contributed by atoms with van der Waals surface area (Å²) in [5, 5.41) is 6.68. The Hall–Kier alpha value is -5.83. The molecule has 9 heteroatoms. The van der Waals surface area contributed by atoms with E-state index in [9.17, 15) is 0 Å². The summed E-state index contributed by atoms with van der Waals surface area (Å²) in [5.41, 5.74) is 3.79. The van der Waals surface area contributed by atoms with Crippen molar-refractivity contribution >= 4 is 46.6 Å². The topological polar surface area (TPSA) is 112 Å². The zero-order chi connectivity index (χ0) is 26.7. The largest absolute Gasteiger partial charge is 0.324 e. The highest BCUT2D eigenvalue weighted by Crippen LogP contribution is 2.24. The van der Waals surface area contributed by atoms with Crippen molar-refractivity contribution < 1.29 is 0 Å². The number of hydrogen-bond donors (Lipinski definition) is 2. The maximum Gasteiger partial charge on any atom is 0.156 e. The molecule has 190 valence electrons. The van der Waals surface area contributed by atoms with Gasteiger partial charge in [0, 0.05) is 34.6 Å². The second-order valence-electron chi connectivity index (χ2n) is 8.91. The zero-order valence-corrected chi connectivity index (χ0v) is 21.1. The summed E-state index contributed by atoms with van der Waals surface area (Å²) < 4.78 is 0. The first-order valence-electron chi connectivity index (χ1n) is 12.7. The predicted octanol–water partition coefficient (Wildman–Crippen LogP) is 5.39. The second kappa shape index (κ2) is 10.1. The average molecular weight is 520 g/mol. The van der Waals surface area contributed by atoms with Gasteiger partial charge in [-0.05, 0) is 36.4 Å². The van der Waals surface area contributed by atoms with Gasteiger partial charge in [-0.1, -0.05) is 66.7 Å². The van der Waals surface area contributed by atoms with Crippen molar-refractivity contribution in [2.75, 3.05) is 0 Å². The summed E-state index contributed by atoms with van der Waals surface area (Å²) >= 11 is 0. The highest BCUT2D eigenvalue weighted by Gasteiger charge is 2.25. The fraction of sp³-hybridized carbons (Fsp3) is 0. The molecule has 9 nitrogen and oxygen atoms in total. The van der Waals surface area contributed by atoms with Gasteiger partial charge >= 0.3 is 0 Å². The quantitative estimate of drug-likeness (QED) is 0.331. The number of amidine groups is 4. The lowest BCUT2D eigenvalue weighted by Crippen LogP contribution is -2.22. The van der Waals surface area contributed by atoms with Gasteiger partial charge in [0.05, 0.1) is 0 Å². The van der Waals surface area contributed by atoms with Crippen LogP contribution in [0.3, 0.4) is 0 Å². The number of benzene rings is 2. The molecule has 2 aromatic carbocycles. The third kappa shape index (κ3) is 4.63. The molecule has 40 heavy (non-hydrogen) atoms. The fourth-order valence-corrected chi connectivity index (χ4v) is 4.47. The number of aromatic nitrogens is 3. The van der Waals surface area contributed by atoms with Gasteiger partial charge in [0.2, 0.25) is 0 Å². The number of rotatable bonds is 4. The molecule has 0 saturated carbocycles. The summed E-state index contributed by atoms with van der Waals surface area (Å²) in [4.78, 5) is 32.3. The van der Waals surface area contributed by atoms with Crippen LogP contribution in [0, 0.1) is 0 Å². The molecule has 0 fully saturated rings. The molecule has 0 spiro atoms. The fourth-order valence-electron chi connectivity index (χ4n) is 4.47. The normalized spacial score (nSPS) is 17.6. The first kappa shape index (κ1) is 23.3. The lowest BCUT2D eigenvalue weighted by atomic mass is 10.1. The molecule has 0 aliphatic carbocycles. The standard InChI is InChI=1S/C31H21N9/c1-3-12-22-20(10-1)28(35-24-14-5-7-18-32-24)39-30(22)37-26-16-9-17-27(34-26)38-31-23-13-4-2-11-21(23)29(40-31)36-25-15-6-8-19-33-25/h1-19H,(H2,32,33,34,35,36,37,38,39,40). The lowest BCUT2D eigenvalue weighted by molar-refractivity contribution is 1.21. The van der Waals surface area contributed by atoms with Crippen molar-refractivity contribution in [1.29, 1.82) is 0 Å². The molecular formula is C31H21N9. The van der Waals surface area contributed by atoms with E-state index in [1.165, 1.54) is 0 Å². The van der Waals surface area contributed by atoms with Gasteiger partial charge in [-0.2, -0.15) is 0 Å². The molecule has 5 aromatic rings. The molecule has 7 rings (SSSR count). The van der Waals surface area contributed by atoms with Gasteiger partial charge < -0.3 is 10.6 Å². The number of nitrogens with one attached hydrogen (secondary N) is 2. The number of hydrogen-bond acceptors (Lipinski definition) is 7. The van der Waals surface area contributed by atoms with E-state index < -0.39 is 0 Å². The summed E-state index contributed by atoms with van der Waals surface area (Å²) in [7, 11) is 0. The van der Waals surface area contributed by atoms with Gasteiger partial charge in [-0.15, -0.1) is 0 Å². The third-order valence-corrected chi connectivity index (χ3v) is 6.27. The van der Waals surface area contributed by atoms with Gasteiger partial charge in [-0.3, -0.25) is 0 Å². The zero-order valence-electron chi connectivity index (χ0n) is 21.1. The molecule has 2 aliphatic heterocycles. The Bertz CT molecular complexity index is 1710. The van der Waals surface area contributed by atoms with Crippen LogP contribution in [0.2, 0.25) is 0 Å². The molecule has 0 saturated heterocycles. The summed E-state index contributed by atoms with van der Waals surface area (Å²) in [5.74, 6) is 4.98. The Morgan fingerprint density at radius 2 is 0.725 bits per heavy atom. The van der Waals surface area contributed by atoms with Crippen LogP contribution in [0.25, 0.3) is 0 Å². The minimum absolute atomic E-state index is 0.520. The molecular weight excluding hydrogens is 498 g/mol. The van der Waals surface area contributed by atoms with Crippen molar-refractivity contribution in [1.82, 2.24) is 25.6 Å². The van der Waals surface area contributed by atoms with Crippen LogP contribution in [0.4, 0.5) is 23.3 Å². The third-order valence-electron chi connectivity index (χ3n) is 6.27. The van der Waals surface area contributed by atoms with Crippen molar-refractivity contribution in [3.05, 3.63) is 138 Å². The van der Waals surface area contributed by atoms with Crippen LogP contribution in [-0.4, -0.2) is 38.3 Å². The molecule has 2 N–H and O–H groups in total. The van der Waals surface area contributed by atoms with Crippen LogP contribution in [0.15, 0.2) is 135 Å². The van der Waals surface area contributed by atoms with E-state index in [-0.39, 0.29) is 0 Å². The first-order valence-corrected chi connectivity index (χ1v) is 12.7. The lowest BCUT2D eigenvalue weighted by Gasteiger charge is -2.03. The first-order chi connectivity index (χ1) is 19.8. The highest BCUT2D eigenvalue weighted by atomic mass is 15.1. The van der Waals surface area contributed by atoms with Gasteiger partial charge in [-0.25, -0.2) is 34.9 Å². The maximum absolute atomic E-state index is 4.81. The smallest absolute Gasteiger partial charge is 0.156 e. The summed E-state index contributed by atoms with van der Waals surface area (Å²) in [6.45, 7) is 0. The Morgan fingerprint density at radius 1 is 0.375 bits per heavy atom. The van der Waals surface area contributed by atoms with Gasteiger partial charge in [0.15, 0.2) is 23.3 Å². The van der Waals surface area contributed by atoms with Crippen LogP contribution in [0.1, 0.15) is 22.3 Å². The van der Waals surface area contributed by atoms with Gasteiger partial charge in [0.1, 0.15) is 23.3 Å². The van der Waals surface area contributed by atoms with E-state index in [1.54, 1.807) is 12.4 Å². The number of aliphatic imine (C=N–C) groups is 4. The van der Waals surface area contributed by atoms with E-state index in [2.05, 4.69) is 30.6 Å². The number of nitrogens with zero attached hydrogens (tertiary/aromatic N) is 7. The maximum atomic E-state index is 4.81.